The van der Waals surface area contributed by atoms with Crippen molar-refractivity contribution in [3.63, 3.8) is 0 Å². The Bertz CT molecular complexity index is 818. The summed E-state index contributed by atoms with van der Waals surface area (Å²) < 4.78 is 31.8. The van der Waals surface area contributed by atoms with Crippen LogP contribution in [-0.4, -0.2) is 32.2 Å². The van der Waals surface area contributed by atoms with Gasteiger partial charge < -0.3 is 10.1 Å². The van der Waals surface area contributed by atoms with Gasteiger partial charge in [-0.2, -0.15) is 0 Å². The molecule has 1 unspecified atom stereocenters. The smallest absolute Gasteiger partial charge is 0.233 e. The van der Waals surface area contributed by atoms with Crippen LogP contribution in [0.4, 0.5) is 11.4 Å². The van der Waals surface area contributed by atoms with Gasteiger partial charge in [0.05, 0.1) is 30.7 Å². The number of methoxy groups -OCH3 is 1. The first-order valence-electron chi connectivity index (χ1n) is 7.67. The predicted molar refractivity (Wildman–Crippen MR) is 97.2 cm³/mol. The van der Waals surface area contributed by atoms with Crippen LogP contribution in [0.5, 0.6) is 5.88 Å². The SMILES string of the molecule is COc1ccc(NC(=O)C(C)CS(=O)(=O)Nc2ccc(C)cc2)cn1. The van der Waals surface area contributed by atoms with Crippen molar-refractivity contribution in [2.45, 2.75) is 13.8 Å². The molecule has 7 nitrogen and oxygen atoms in total. The summed E-state index contributed by atoms with van der Waals surface area (Å²) in [5.41, 5.74) is 1.97. The lowest BCUT2D eigenvalue weighted by Crippen LogP contribution is -2.29. The van der Waals surface area contributed by atoms with Gasteiger partial charge in [0, 0.05) is 11.8 Å². The van der Waals surface area contributed by atoms with E-state index in [1.54, 1.807) is 31.2 Å². The van der Waals surface area contributed by atoms with Crippen LogP contribution in [0.2, 0.25) is 0 Å². The fourth-order valence-corrected chi connectivity index (χ4v) is 3.48. The minimum atomic E-state index is -3.64. The Hall–Kier alpha value is -2.61. The normalized spacial score (nSPS) is 12.3. The van der Waals surface area contributed by atoms with E-state index in [9.17, 15) is 13.2 Å². The monoisotopic (exact) mass is 363 g/mol. The molecule has 0 aliphatic carbocycles. The standard InChI is InChI=1S/C17H21N3O4S/c1-12-4-6-14(7-5-12)20-25(22,23)11-13(2)17(21)19-15-8-9-16(24-3)18-10-15/h4-10,13,20H,11H2,1-3H3,(H,19,21). The van der Waals surface area contributed by atoms with E-state index in [-0.39, 0.29) is 5.75 Å². The van der Waals surface area contributed by atoms with Crippen molar-refractivity contribution in [1.82, 2.24) is 4.98 Å². The van der Waals surface area contributed by atoms with Crippen molar-refractivity contribution in [2.24, 2.45) is 5.92 Å². The molecule has 0 bridgehead atoms. The van der Waals surface area contributed by atoms with E-state index in [1.807, 2.05) is 19.1 Å². The summed E-state index contributed by atoms with van der Waals surface area (Å²) in [6, 6.07) is 10.2. The van der Waals surface area contributed by atoms with Gasteiger partial charge in [0.2, 0.25) is 21.8 Å². The van der Waals surface area contributed by atoms with Gasteiger partial charge in [0.15, 0.2) is 0 Å². The number of carbonyl (C=O) groups excluding carboxylic acids is 1. The summed E-state index contributed by atoms with van der Waals surface area (Å²) in [6.07, 6.45) is 1.45. The van der Waals surface area contributed by atoms with Crippen LogP contribution in [0.15, 0.2) is 42.6 Å². The number of pyridine rings is 1. The number of anilines is 2. The molecule has 2 rings (SSSR count). The van der Waals surface area contributed by atoms with Crippen molar-refractivity contribution in [2.75, 3.05) is 22.9 Å². The summed E-state index contributed by atoms with van der Waals surface area (Å²) in [4.78, 5) is 16.2. The first-order valence-corrected chi connectivity index (χ1v) is 9.32. The molecule has 0 saturated carbocycles. The fourth-order valence-electron chi connectivity index (χ4n) is 2.09. The Morgan fingerprint density at radius 3 is 2.36 bits per heavy atom. The molecule has 1 aromatic carbocycles. The van der Waals surface area contributed by atoms with E-state index < -0.39 is 21.8 Å². The van der Waals surface area contributed by atoms with Crippen LogP contribution in [0.3, 0.4) is 0 Å². The van der Waals surface area contributed by atoms with Gasteiger partial charge in [-0.3, -0.25) is 9.52 Å². The van der Waals surface area contributed by atoms with Gasteiger partial charge in [0.1, 0.15) is 0 Å². The molecule has 1 amide bonds. The number of aromatic nitrogens is 1. The third-order valence-corrected chi connectivity index (χ3v) is 4.94. The highest BCUT2D eigenvalue weighted by Crippen LogP contribution is 2.15. The van der Waals surface area contributed by atoms with Crippen molar-refractivity contribution in [1.29, 1.82) is 0 Å². The fraction of sp³-hybridized carbons (Fsp3) is 0.294. The van der Waals surface area contributed by atoms with E-state index in [0.717, 1.165) is 5.56 Å². The topological polar surface area (TPSA) is 97.4 Å². The Balaban J connectivity index is 1.95. The molecule has 0 fully saturated rings. The highest BCUT2D eigenvalue weighted by atomic mass is 32.2. The molecule has 2 aromatic rings. The number of rotatable bonds is 7. The summed E-state index contributed by atoms with van der Waals surface area (Å²) in [6.45, 7) is 3.47. The van der Waals surface area contributed by atoms with Gasteiger partial charge in [-0.05, 0) is 25.1 Å². The molecule has 0 radical (unpaired) electrons. The largest absolute Gasteiger partial charge is 0.481 e. The molecular weight excluding hydrogens is 342 g/mol. The van der Waals surface area contributed by atoms with Gasteiger partial charge in [-0.1, -0.05) is 24.6 Å². The average molecular weight is 363 g/mol. The predicted octanol–water partition coefficient (Wildman–Crippen LogP) is 2.42. The molecule has 1 heterocycles. The number of aryl methyl sites for hydroxylation is 1. The van der Waals surface area contributed by atoms with Crippen LogP contribution in [0, 0.1) is 12.8 Å². The number of sulfonamides is 1. The quantitative estimate of drug-likeness (QED) is 0.787. The Kier molecular flexibility index (Phi) is 5.97. The van der Waals surface area contributed by atoms with Gasteiger partial charge in [-0.25, -0.2) is 13.4 Å². The molecule has 25 heavy (non-hydrogen) atoms. The summed E-state index contributed by atoms with van der Waals surface area (Å²) in [5.74, 6) is -1.03. The van der Waals surface area contributed by atoms with Crippen LogP contribution >= 0.6 is 0 Å². The van der Waals surface area contributed by atoms with E-state index in [2.05, 4.69) is 15.0 Å². The minimum Gasteiger partial charge on any atom is -0.481 e. The second-order valence-corrected chi connectivity index (χ2v) is 7.50. The maximum atomic E-state index is 12.2. The number of nitrogens with zero attached hydrogens (tertiary/aromatic N) is 1. The molecule has 0 saturated heterocycles. The number of hydrogen-bond donors (Lipinski definition) is 2. The maximum Gasteiger partial charge on any atom is 0.233 e. The Morgan fingerprint density at radius 1 is 1.16 bits per heavy atom. The average Bonchev–Trinajstić information content (AvgIpc) is 2.57. The summed E-state index contributed by atoms with van der Waals surface area (Å²) in [7, 11) is -2.15. The molecule has 1 atom stereocenters. The molecule has 0 spiro atoms. The number of carbonyl (C=O) groups is 1. The summed E-state index contributed by atoms with van der Waals surface area (Å²) in [5, 5.41) is 2.64. The zero-order valence-corrected chi connectivity index (χ0v) is 15.1. The Morgan fingerprint density at radius 2 is 1.80 bits per heavy atom. The molecule has 2 N–H and O–H groups in total. The van der Waals surface area contributed by atoms with Crippen molar-refractivity contribution in [3.05, 3.63) is 48.2 Å². The maximum absolute atomic E-state index is 12.2. The first kappa shape index (κ1) is 18.7. The second kappa shape index (κ2) is 7.98. The lowest BCUT2D eigenvalue weighted by Gasteiger charge is -2.14. The van der Waals surface area contributed by atoms with Gasteiger partial charge in [0.25, 0.3) is 0 Å². The summed E-state index contributed by atoms with van der Waals surface area (Å²) >= 11 is 0. The number of amides is 1. The number of benzene rings is 1. The number of nitrogens with one attached hydrogen (secondary N) is 2. The van der Waals surface area contributed by atoms with Gasteiger partial charge >= 0.3 is 0 Å². The highest BCUT2D eigenvalue weighted by molar-refractivity contribution is 7.92. The molecule has 8 heteroatoms. The second-order valence-electron chi connectivity index (χ2n) is 5.73. The molecule has 0 aliphatic heterocycles. The van der Waals surface area contributed by atoms with Crippen LogP contribution < -0.4 is 14.8 Å². The third-order valence-electron chi connectivity index (χ3n) is 3.45. The zero-order chi connectivity index (χ0) is 18.4. The lowest BCUT2D eigenvalue weighted by molar-refractivity contribution is -0.118. The van der Waals surface area contributed by atoms with Crippen molar-refractivity contribution in [3.8, 4) is 5.88 Å². The molecule has 1 aromatic heterocycles. The van der Waals surface area contributed by atoms with Crippen molar-refractivity contribution >= 4 is 27.3 Å². The Labute approximate surface area is 147 Å². The third kappa shape index (κ3) is 5.75. The molecule has 0 aliphatic rings. The number of ether oxygens (including phenoxy) is 1. The van der Waals surface area contributed by atoms with Crippen LogP contribution in [0.1, 0.15) is 12.5 Å². The van der Waals surface area contributed by atoms with Crippen molar-refractivity contribution < 1.29 is 17.9 Å². The van der Waals surface area contributed by atoms with Gasteiger partial charge in [-0.15, -0.1) is 0 Å². The van der Waals surface area contributed by atoms with E-state index >= 15 is 0 Å². The number of hydrogen-bond acceptors (Lipinski definition) is 5. The van der Waals surface area contributed by atoms with Crippen LogP contribution in [0.25, 0.3) is 0 Å². The molecule has 134 valence electrons. The van der Waals surface area contributed by atoms with E-state index in [1.165, 1.54) is 13.3 Å². The first-order chi connectivity index (χ1) is 11.8. The highest BCUT2D eigenvalue weighted by Gasteiger charge is 2.22. The van der Waals surface area contributed by atoms with E-state index in [0.29, 0.717) is 17.3 Å². The minimum absolute atomic E-state index is 0.323. The van der Waals surface area contributed by atoms with E-state index in [4.69, 9.17) is 4.74 Å². The molecular formula is C17H21N3O4S. The lowest BCUT2D eigenvalue weighted by atomic mass is 10.2. The zero-order valence-electron chi connectivity index (χ0n) is 14.3. The van der Waals surface area contributed by atoms with Crippen LogP contribution in [-0.2, 0) is 14.8 Å².